The van der Waals surface area contributed by atoms with Gasteiger partial charge < -0.3 is 32.5 Å². The second-order valence-electron chi connectivity index (χ2n) is 6.93. The molecule has 0 radical (unpaired) electrons. The van der Waals surface area contributed by atoms with Crippen molar-refractivity contribution in [2.75, 3.05) is 6.54 Å². The number of hydrogen-bond acceptors (Lipinski definition) is 6. The number of carbonyl (C=O) groups excluding carboxylic acids is 3. The van der Waals surface area contributed by atoms with E-state index in [4.69, 9.17) is 11.5 Å². The van der Waals surface area contributed by atoms with Crippen LogP contribution in [0.1, 0.15) is 47.0 Å². The van der Waals surface area contributed by atoms with Crippen LogP contribution in [0.5, 0.6) is 0 Å². The Bertz CT molecular complexity index is 524. The van der Waals surface area contributed by atoms with Crippen LogP contribution < -0.4 is 27.4 Å². The maximum absolute atomic E-state index is 12.5. The molecule has 156 valence electrons. The maximum atomic E-state index is 12.5. The number of carboxylic acid groups (broad SMARTS) is 1. The molecule has 0 saturated heterocycles. The van der Waals surface area contributed by atoms with Crippen molar-refractivity contribution in [3.8, 4) is 0 Å². The lowest BCUT2D eigenvalue weighted by Crippen LogP contribution is -2.57. The predicted octanol–water partition coefficient (Wildman–Crippen LogP) is -1.32. The average molecular weight is 387 g/mol. The van der Waals surface area contributed by atoms with Crippen LogP contribution in [0.25, 0.3) is 0 Å². The number of nitrogens with one attached hydrogen (secondary N) is 3. The number of carbonyl (C=O) groups is 4. The van der Waals surface area contributed by atoms with Crippen LogP contribution in [-0.4, -0.2) is 59.5 Å². The highest BCUT2D eigenvalue weighted by Gasteiger charge is 2.30. The van der Waals surface area contributed by atoms with Gasteiger partial charge in [-0.2, -0.15) is 0 Å². The number of nitrogens with two attached hydrogens (primary N) is 2. The van der Waals surface area contributed by atoms with E-state index in [9.17, 15) is 24.3 Å². The van der Waals surface area contributed by atoms with Gasteiger partial charge in [-0.3, -0.25) is 14.4 Å². The van der Waals surface area contributed by atoms with Crippen LogP contribution in [0.3, 0.4) is 0 Å². The van der Waals surface area contributed by atoms with Gasteiger partial charge in [0.25, 0.3) is 0 Å². The predicted molar refractivity (Wildman–Crippen MR) is 100 cm³/mol. The molecule has 0 aliphatic carbocycles. The Balaban J connectivity index is 4.93. The van der Waals surface area contributed by atoms with Gasteiger partial charge >= 0.3 is 5.97 Å². The van der Waals surface area contributed by atoms with Gasteiger partial charge in [0.2, 0.25) is 17.7 Å². The van der Waals surface area contributed by atoms with Crippen molar-refractivity contribution in [1.82, 2.24) is 16.0 Å². The van der Waals surface area contributed by atoms with Crippen molar-refractivity contribution in [2.24, 2.45) is 17.4 Å². The first-order valence-electron chi connectivity index (χ1n) is 9.10. The molecule has 0 saturated carbocycles. The Morgan fingerprint density at radius 3 is 1.93 bits per heavy atom. The molecular formula is C17H33N5O5. The van der Waals surface area contributed by atoms with Gasteiger partial charge in [-0.05, 0) is 45.6 Å². The summed E-state index contributed by atoms with van der Waals surface area (Å²) in [5.41, 5.74) is 10.8. The van der Waals surface area contributed by atoms with Gasteiger partial charge in [-0.15, -0.1) is 0 Å². The maximum Gasteiger partial charge on any atom is 0.326 e. The molecule has 0 fully saturated rings. The molecule has 0 aromatic carbocycles. The molecule has 3 amide bonds. The third-order valence-corrected chi connectivity index (χ3v) is 3.97. The van der Waals surface area contributed by atoms with E-state index in [1.807, 2.05) is 0 Å². The highest BCUT2D eigenvalue weighted by Crippen LogP contribution is 2.06. The van der Waals surface area contributed by atoms with Crippen molar-refractivity contribution < 1.29 is 24.3 Å². The summed E-state index contributed by atoms with van der Waals surface area (Å²) in [7, 11) is 0. The van der Waals surface area contributed by atoms with Crippen LogP contribution in [0.4, 0.5) is 0 Å². The van der Waals surface area contributed by atoms with Crippen molar-refractivity contribution in [2.45, 2.75) is 71.1 Å². The lowest BCUT2D eigenvalue weighted by Gasteiger charge is -2.25. The van der Waals surface area contributed by atoms with E-state index >= 15 is 0 Å². The fourth-order valence-electron chi connectivity index (χ4n) is 2.24. The molecular weight excluding hydrogens is 354 g/mol. The molecule has 0 bridgehead atoms. The quantitative estimate of drug-likeness (QED) is 0.225. The fourth-order valence-corrected chi connectivity index (χ4v) is 2.24. The summed E-state index contributed by atoms with van der Waals surface area (Å²) < 4.78 is 0. The zero-order chi connectivity index (χ0) is 21.1. The van der Waals surface area contributed by atoms with Crippen LogP contribution >= 0.6 is 0 Å². The Kier molecular flexibility index (Phi) is 11.2. The van der Waals surface area contributed by atoms with Crippen molar-refractivity contribution in [3.05, 3.63) is 0 Å². The van der Waals surface area contributed by atoms with E-state index in [-0.39, 0.29) is 12.3 Å². The van der Waals surface area contributed by atoms with Crippen LogP contribution in [0.15, 0.2) is 0 Å². The minimum atomic E-state index is -1.15. The smallest absolute Gasteiger partial charge is 0.326 e. The summed E-state index contributed by atoms with van der Waals surface area (Å²) in [5.74, 6) is -3.08. The zero-order valence-corrected chi connectivity index (χ0v) is 16.5. The molecule has 10 nitrogen and oxygen atoms in total. The standard InChI is InChI=1S/C17H33N5O5/c1-9(2)13(22-15(24)11(4)20-14(23)10(3)19)16(25)21-12(17(26)27)7-5-6-8-18/h9-13H,5-8,18-19H2,1-4H3,(H,20,23)(H,21,25)(H,22,24)(H,26,27). The number of aliphatic carboxylic acids is 1. The van der Waals surface area contributed by atoms with Gasteiger partial charge in [0.05, 0.1) is 6.04 Å². The number of unbranched alkanes of at least 4 members (excludes halogenated alkanes) is 1. The number of amides is 3. The first-order chi connectivity index (χ1) is 12.5. The third kappa shape index (κ3) is 9.34. The van der Waals surface area contributed by atoms with Crippen molar-refractivity contribution in [1.29, 1.82) is 0 Å². The van der Waals surface area contributed by atoms with Gasteiger partial charge in [0.1, 0.15) is 18.1 Å². The monoisotopic (exact) mass is 387 g/mol. The molecule has 0 aliphatic heterocycles. The van der Waals surface area contributed by atoms with Crippen LogP contribution in [0.2, 0.25) is 0 Å². The molecule has 10 heteroatoms. The number of carboxylic acids is 1. The van der Waals surface area contributed by atoms with Crippen LogP contribution in [-0.2, 0) is 19.2 Å². The summed E-state index contributed by atoms with van der Waals surface area (Å²) >= 11 is 0. The zero-order valence-electron chi connectivity index (χ0n) is 16.5. The van der Waals surface area contributed by atoms with Gasteiger partial charge in [-0.1, -0.05) is 13.8 Å². The van der Waals surface area contributed by atoms with Crippen molar-refractivity contribution >= 4 is 23.7 Å². The van der Waals surface area contributed by atoms with Crippen LogP contribution in [0, 0.1) is 5.92 Å². The Morgan fingerprint density at radius 2 is 1.48 bits per heavy atom. The highest BCUT2D eigenvalue weighted by molar-refractivity contribution is 5.93. The molecule has 0 rings (SSSR count). The molecule has 4 atom stereocenters. The molecule has 4 unspecified atom stereocenters. The summed E-state index contributed by atoms with van der Waals surface area (Å²) in [6, 6.07) is -3.66. The Labute approximate surface area is 159 Å². The number of rotatable bonds is 12. The summed E-state index contributed by atoms with van der Waals surface area (Å²) in [5, 5.41) is 16.7. The summed E-state index contributed by atoms with van der Waals surface area (Å²) in [6.07, 6.45) is 1.46. The minimum absolute atomic E-state index is 0.248. The van der Waals surface area contributed by atoms with Gasteiger partial charge in [0.15, 0.2) is 0 Å². The number of hydrogen-bond donors (Lipinski definition) is 6. The Hall–Kier alpha value is -2.20. The molecule has 0 aromatic rings. The second kappa shape index (κ2) is 12.2. The highest BCUT2D eigenvalue weighted by atomic mass is 16.4. The molecule has 27 heavy (non-hydrogen) atoms. The lowest BCUT2D eigenvalue weighted by atomic mass is 10.0. The lowest BCUT2D eigenvalue weighted by molar-refractivity contribution is -0.142. The second-order valence-corrected chi connectivity index (χ2v) is 6.93. The van der Waals surface area contributed by atoms with E-state index in [1.54, 1.807) is 13.8 Å². The first-order valence-corrected chi connectivity index (χ1v) is 9.10. The molecule has 0 aliphatic rings. The normalized spacial score (nSPS) is 15.4. The molecule has 0 spiro atoms. The van der Waals surface area contributed by atoms with Gasteiger partial charge in [-0.25, -0.2) is 4.79 Å². The molecule has 8 N–H and O–H groups in total. The van der Waals surface area contributed by atoms with E-state index < -0.39 is 47.9 Å². The van der Waals surface area contributed by atoms with Crippen molar-refractivity contribution in [3.63, 3.8) is 0 Å². The topological polar surface area (TPSA) is 177 Å². The Morgan fingerprint density at radius 1 is 0.889 bits per heavy atom. The molecule has 0 heterocycles. The largest absolute Gasteiger partial charge is 0.480 e. The fraction of sp³-hybridized carbons (Fsp3) is 0.765. The van der Waals surface area contributed by atoms with E-state index in [2.05, 4.69) is 16.0 Å². The van der Waals surface area contributed by atoms with E-state index in [1.165, 1.54) is 13.8 Å². The summed E-state index contributed by atoms with van der Waals surface area (Å²) in [4.78, 5) is 47.7. The first kappa shape index (κ1) is 24.8. The molecule has 0 aromatic heterocycles. The van der Waals surface area contributed by atoms with E-state index in [0.717, 1.165) is 0 Å². The third-order valence-electron chi connectivity index (χ3n) is 3.97. The SMILES string of the molecule is CC(N)C(=O)NC(C)C(=O)NC(C(=O)NC(CCCCN)C(=O)O)C(C)C. The average Bonchev–Trinajstić information content (AvgIpc) is 2.57. The van der Waals surface area contributed by atoms with Gasteiger partial charge in [0, 0.05) is 0 Å². The minimum Gasteiger partial charge on any atom is -0.480 e. The summed E-state index contributed by atoms with van der Waals surface area (Å²) in [6.45, 7) is 6.84. The van der Waals surface area contributed by atoms with E-state index in [0.29, 0.717) is 19.4 Å².